The molecule has 2 aliphatic rings. The second-order valence-corrected chi connectivity index (χ2v) is 10.3. The molecule has 1 N–H and O–H groups in total. The number of rotatable bonds is 5. The fourth-order valence-electron chi connectivity index (χ4n) is 4.68. The Morgan fingerprint density at radius 2 is 1.94 bits per heavy atom. The third-order valence-corrected chi connectivity index (χ3v) is 6.43. The van der Waals surface area contributed by atoms with Crippen molar-refractivity contribution in [3.8, 4) is 17.0 Å². The smallest absolute Gasteiger partial charge is 0.407 e. The van der Waals surface area contributed by atoms with E-state index in [1.165, 1.54) is 0 Å². The zero-order valence-electron chi connectivity index (χ0n) is 21.4. The van der Waals surface area contributed by atoms with Crippen LogP contribution in [0.15, 0.2) is 30.6 Å². The average Bonchev–Trinajstić information content (AvgIpc) is 3.50. The van der Waals surface area contributed by atoms with Gasteiger partial charge in [0.1, 0.15) is 28.8 Å². The summed E-state index contributed by atoms with van der Waals surface area (Å²) in [5, 5.41) is 2.98. The van der Waals surface area contributed by atoms with Gasteiger partial charge in [0.15, 0.2) is 5.65 Å². The maximum Gasteiger partial charge on any atom is 0.407 e. The van der Waals surface area contributed by atoms with Crippen molar-refractivity contribution in [3.05, 3.63) is 30.6 Å². The van der Waals surface area contributed by atoms with E-state index in [1.54, 1.807) is 7.11 Å². The second kappa shape index (κ2) is 9.93. The van der Waals surface area contributed by atoms with E-state index in [0.717, 1.165) is 67.0 Å². The van der Waals surface area contributed by atoms with Crippen LogP contribution in [0.25, 0.3) is 22.4 Å². The Morgan fingerprint density at radius 3 is 2.64 bits per heavy atom. The molecule has 2 saturated heterocycles. The molecular formula is C26H34N6O4. The summed E-state index contributed by atoms with van der Waals surface area (Å²) in [6, 6.07) is 7.76. The van der Waals surface area contributed by atoms with Crippen LogP contribution < -0.4 is 15.0 Å². The van der Waals surface area contributed by atoms with Crippen molar-refractivity contribution >= 4 is 23.2 Å². The highest BCUT2D eigenvalue weighted by atomic mass is 16.6. The molecule has 1 aromatic carbocycles. The maximum absolute atomic E-state index is 12.3. The Morgan fingerprint density at radius 1 is 1.14 bits per heavy atom. The third-order valence-electron chi connectivity index (χ3n) is 6.43. The van der Waals surface area contributed by atoms with E-state index >= 15 is 0 Å². The van der Waals surface area contributed by atoms with Crippen LogP contribution in [-0.2, 0) is 9.47 Å². The lowest BCUT2D eigenvalue weighted by molar-refractivity contribution is -0.0298. The van der Waals surface area contributed by atoms with E-state index in [0.29, 0.717) is 12.5 Å². The van der Waals surface area contributed by atoms with Gasteiger partial charge in [-0.1, -0.05) is 0 Å². The van der Waals surface area contributed by atoms with Crippen molar-refractivity contribution in [1.82, 2.24) is 24.8 Å². The van der Waals surface area contributed by atoms with Crippen LogP contribution in [0.5, 0.6) is 5.75 Å². The lowest BCUT2D eigenvalue weighted by Crippen LogP contribution is -2.40. The molecule has 0 radical (unpaired) electrons. The van der Waals surface area contributed by atoms with Crippen LogP contribution in [-0.4, -0.2) is 64.1 Å². The SMILES string of the molecule is COc1ccc(-c2nc(N3CCC(NC(=O)OC(C)(C)C)C3)nc3c2ncn3[C@H]2CCCCO2)cc1. The molecule has 192 valence electrons. The molecule has 0 aliphatic carbocycles. The molecule has 2 aromatic heterocycles. The molecule has 0 spiro atoms. The monoisotopic (exact) mass is 494 g/mol. The van der Waals surface area contributed by atoms with E-state index in [1.807, 2.05) is 55.9 Å². The number of ether oxygens (including phenoxy) is 3. The minimum atomic E-state index is -0.538. The molecule has 36 heavy (non-hydrogen) atoms. The van der Waals surface area contributed by atoms with Crippen molar-refractivity contribution in [3.63, 3.8) is 0 Å². The second-order valence-electron chi connectivity index (χ2n) is 10.3. The van der Waals surface area contributed by atoms with Crippen molar-refractivity contribution < 1.29 is 19.0 Å². The highest BCUT2D eigenvalue weighted by molar-refractivity contribution is 5.88. The minimum absolute atomic E-state index is 0.0461. The molecule has 3 aromatic rings. The lowest BCUT2D eigenvalue weighted by atomic mass is 10.1. The Kier molecular flexibility index (Phi) is 6.70. The topological polar surface area (TPSA) is 104 Å². The summed E-state index contributed by atoms with van der Waals surface area (Å²) in [5.74, 6) is 1.39. The van der Waals surface area contributed by atoms with Gasteiger partial charge in [-0.05, 0) is 70.7 Å². The number of hydrogen-bond donors (Lipinski definition) is 1. The van der Waals surface area contributed by atoms with Crippen LogP contribution in [0.4, 0.5) is 10.7 Å². The highest BCUT2D eigenvalue weighted by Crippen LogP contribution is 2.33. The molecule has 5 rings (SSSR count). The molecule has 10 nitrogen and oxygen atoms in total. The first-order chi connectivity index (χ1) is 17.3. The van der Waals surface area contributed by atoms with Gasteiger partial charge in [0.25, 0.3) is 0 Å². The van der Waals surface area contributed by atoms with Gasteiger partial charge in [-0.15, -0.1) is 0 Å². The number of alkyl carbamates (subject to hydrolysis) is 1. The maximum atomic E-state index is 12.3. The van der Waals surface area contributed by atoms with Crippen molar-refractivity contribution in [1.29, 1.82) is 0 Å². The number of aromatic nitrogens is 4. The molecule has 2 fully saturated rings. The van der Waals surface area contributed by atoms with Gasteiger partial charge in [0, 0.05) is 25.3 Å². The molecule has 2 aliphatic heterocycles. The number of amides is 1. The number of carbonyl (C=O) groups is 1. The predicted octanol–water partition coefficient (Wildman–Crippen LogP) is 4.30. The summed E-state index contributed by atoms with van der Waals surface area (Å²) < 4.78 is 18.8. The van der Waals surface area contributed by atoms with Crippen LogP contribution in [0.1, 0.15) is 52.7 Å². The van der Waals surface area contributed by atoms with Gasteiger partial charge in [0.2, 0.25) is 5.95 Å². The third kappa shape index (κ3) is 5.23. The molecular weight excluding hydrogens is 460 g/mol. The van der Waals surface area contributed by atoms with Gasteiger partial charge < -0.3 is 24.4 Å². The summed E-state index contributed by atoms with van der Waals surface area (Å²) >= 11 is 0. The molecule has 2 atom stereocenters. The van der Waals surface area contributed by atoms with Gasteiger partial charge in [-0.3, -0.25) is 4.57 Å². The Labute approximate surface area is 211 Å². The number of anilines is 1. The highest BCUT2D eigenvalue weighted by Gasteiger charge is 2.29. The zero-order valence-corrected chi connectivity index (χ0v) is 21.4. The van der Waals surface area contributed by atoms with Crippen LogP contribution in [0.2, 0.25) is 0 Å². The quantitative estimate of drug-likeness (QED) is 0.560. The van der Waals surface area contributed by atoms with Crippen LogP contribution >= 0.6 is 0 Å². The molecule has 10 heteroatoms. The first-order valence-electron chi connectivity index (χ1n) is 12.6. The Hall–Kier alpha value is -3.40. The van der Waals surface area contributed by atoms with E-state index in [2.05, 4.69) is 10.2 Å². The molecule has 0 saturated carbocycles. The van der Waals surface area contributed by atoms with Crippen LogP contribution in [0, 0.1) is 0 Å². The Bertz CT molecular complexity index is 1210. The molecule has 4 heterocycles. The Balaban J connectivity index is 1.47. The average molecular weight is 495 g/mol. The standard InChI is InChI=1S/C26H34N6O4/c1-26(2,3)36-25(33)28-18-12-13-31(15-18)24-29-21(17-8-10-19(34-4)11-9-17)22-23(30-24)32(16-27-22)20-7-5-6-14-35-20/h8-11,16,18,20H,5-7,12-15H2,1-4H3,(H,28,33)/t18?,20-/m1/s1. The van der Waals surface area contributed by atoms with Gasteiger partial charge >= 0.3 is 6.09 Å². The molecule has 1 unspecified atom stereocenters. The summed E-state index contributed by atoms with van der Waals surface area (Å²) in [6.45, 7) is 7.63. The minimum Gasteiger partial charge on any atom is -0.497 e. The number of carbonyl (C=O) groups excluding carboxylic acids is 1. The van der Waals surface area contributed by atoms with E-state index in [9.17, 15) is 4.79 Å². The number of nitrogens with zero attached hydrogens (tertiary/aromatic N) is 5. The van der Waals surface area contributed by atoms with Crippen molar-refractivity contribution in [2.75, 3.05) is 31.7 Å². The van der Waals surface area contributed by atoms with Crippen molar-refractivity contribution in [2.45, 2.75) is 64.3 Å². The summed E-state index contributed by atoms with van der Waals surface area (Å²) in [4.78, 5) is 29.0. The van der Waals surface area contributed by atoms with E-state index in [4.69, 9.17) is 29.2 Å². The van der Waals surface area contributed by atoms with Crippen molar-refractivity contribution in [2.24, 2.45) is 0 Å². The fourth-order valence-corrected chi connectivity index (χ4v) is 4.68. The largest absolute Gasteiger partial charge is 0.497 e. The van der Waals surface area contributed by atoms with E-state index in [-0.39, 0.29) is 12.3 Å². The summed E-state index contributed by atoms with van der Waals surface area (Å²) in [7, 11) is 1.65. The van der Waals surface area contributed by atoms with Gasteiger partial charge in [-0.2, -0.15) is 4.98 Å². The summed E-state index contributed by atoms with van der Waals surface area (Å²) in [6.07, 6.45) is 5.20. The molecule has 1 amide bonds. The van der Waals surface area contributed by atoms with Gasteiger partial charge in [0.05, 0.1) is 19.5 Å². The number of hydrogen-bond acceptors (Lipinski definition) is 8. The van der Waals surface area contributed by atoms with Gasteiger partial charge in [-0.25, -0.2) is 14.8 Å². The lowest BCUT2D eigenvalue weighted by Gasteiger charge is -2.24. The number of imidazole rings is 1. The van der Waals surface area contributed by atoms with E-state index < -0.39 is 11.7 Å². The fraction of sp³-hybridized carbons (Fsp3) is 0.538. The number of fused-ring (bicyclic) bond motifs is 1. The predicted molar refractivity (Wildman–Crippen MR) is 136 cm³/mol. The number of methoxy groups -OCH3 is 1. The zero-order chi connectivity index (χ0) is 25.3. The normalized spacial score (nSPS) is 20.5. The van der Waals surface area contributed by atoms with Crippen LogP contribution in [0.3, 0.4) is 0 Å². The number of nitrogens with one attached hydrogen (secondary N) is 1. The first kappa shape index (κ1) is 24.3. The first-order valence-corrected chi connectivity index (χ1v) is 12.6. The summed E-state index contributed by atoms with van der Waals surface area (Å²) in [5.41, 5.74) is 2.64. The molecule has 0 bridgehead atoms. The number of benzene rings is 1.